The van der Waals surface area contributed by atoms with Crippen LogP contribution in [0.5, 0.6) is 5.75 Å². The highest BCUT2D eigenvalue weighted by molar-refractivity contribution is 9.10. The van der Waals surface area contributed by atoms with Crippen molar-refractivity contribution in [1.82, 2.24) is 5.32 Å². The van der Waals surface area contributed by atoms with E-state index in [-0.39, 0.29) is 17.0 Å². The summed E-state index contributed by atoms with van der Waals surface area (Å²) in [5.74, 6) is 0.0677. The van der Waals surface area contributed by atoms with Crippen molar-refractivity contribution in [2.75, 3.05) is 6.54 Å². The molecule has 0 saturated heterocycles. The van der Waals surface area contributed by atoms with E-state index in [2.05, 4.69) is 42.0 Å². The van der Waals surface area contributed by atoms with E-state index in [1.807, 2.05) is 0 Å². The minimum atomic E-state index is -0.289. The molecule has 0 amide bonds. The summed E-state index contributed by atoms with van der Waals surface area (Å²) in [7, 11) is 0. The molecule has 1 fully saturated rings. The second kappa shape index (κ2) is 6.02. The Hall–Kier alpha value is -0.610. The van der Waals surface area contributed by atoms with Crippen LogP contribution in [0.15, 0.2) is 22.7 Å². The summed E-state index contributed by atoms with van der Waals surface area (Å²) in [5.41, 5.74) is -0.0914. The second-order valence-electron chi connectivity index (χ2n) is 6.64. The van der Waals surface area contributed by atoms with Gasteiger partial charge in [-0.25, -0.2) is 4.39 Å². The van der Waals surface area contributed by atoms with Crippen molar-refractivity contribution in [3.8, 4) is 5.75 Å². The van der Waals surface area contributed by atoms with Crippen LogP contribution in [0.4, 0.5) is 4.39 Å². The quantitative estimate of drug-likeness (QED) is 0.838. The van der Waals surface area contributed by atoms with Gasteiger partial charge in [-0.3, -0.25) is 0 Å². The average Bonchev–Trinajstić information content (AvgIpc) is 2.28. The van der Waals surface area contributed by atoms with Crippen molar-refractivity contribution in [1.29, 1.82) is 0 Å². The molecule has 112 valence electrons. The highest BCUT2D eigenvalue weighted by atomic mass is 79.9. The van der Waals surface area contributed by atoms with E-state index in [0.717, 1.165) is 36.7 Å². The van der Waals surface area contributed by atoms with E-state index in [9.17, 15) is 4.39 Å². The zero-order valence-corrected chi connectivity index (χ0v) is 14.0. The van der Waals surface area contributed by atoms with Gasteiger partial charge >= 0.3 is 0 Å². The first-order valence-electron chi connectivity index (χ1n) is 7.19. The van der Waals surface area contributed by atoms with Gasteiger partial charge in [-0.05, 0) is 71.2 Å². The summed E-state index contributed by atoms with van der Waals surface area (Å²) in [6.07, 6.45) is 4.08. The maximum Gasteiger partial charge on any atom is 0.165 e. The van der Waals surface area contributed by atoms with Crippen LogP contribution in [-0.2, 0) is 0 Å². The summed E-state index contributed by atoms with van der Waals surface area (Å²) < 4.78 is 20.7. The average molecular weight is 344 g/mol. The van der Waals surface area contributed by atoms with E-state index in [0.29, 0.717) is 5.75 Å². The van der Waals surface area contributed by atoms with E-state index >= 15 is 0 Å². The first-order valence-corrected chi connectivity index (χ1v) is 7.98. The topological polar surface area (TPSA) is 21.3 Å². The standard InChI is InChI=1S/C16H23BrFNO/c1-15(2,3)19-10-9-16(7-4-8-16)20-14-11-12(17)5-6-13(14)18/h5-6,11,19H,4,7-10H2,1-3H3. The maximum atomic E-state index is 13.8. The third-order valence-corrected chi connectivity index (χ3v) is 4.21. The summed E-state index contributed by atoms with van der Waals surface area (Å²) >= 11 is 3.36. The smallest absolute Gasteiger partial charge is 0.165 e. The lowest BCUT2D eigenvalue weighted by Crippen LogP contribution is -2.47. The van der Waals surface area contributed by atoms with Crippen LogP contribution in [0.1, 0.15) is 46.5 Å². The Morgan fingerprint density at radius 3 is 2.60 bits per heavy atom. The Bertz CT molecular complexity index is 466. The van der Waals surface area contributed by atoms with Crippen LogP contribution >= 0.6 is 15.9 Å². The van der Waals surface area contributed by atoms with Crippen LogP contribution < -0.4 is 10.1 Å². The lowest BCUT2D eigenvalue weighted by atomic mass is 9.77. The molecule has 2 nitrogen and oxygen atoms in total. The number of hydrogen-bond donors (Lipinski definition) is 1. The van der Waals surface area contributed by atoms with Crippen molar-refractivity contribution < 1.29 is 9.13 Å². The van der Waals surface area contributed by atoms with Crippen LogP contribution in [0, 0.1) is 5.82 Å². The number of halogens is 2. The van der Waals surface area contributed by atoms with Gasteiger partial charge in [0.05, 0.1) is 0 Å². The molecule has 0 aromatic heterocycles. The third kappa shape index (κ3) is 4.19. The summed E-state index contributed by atoms with van der Waals surface area (Å²) in [5, 5.41) is 3.47. The van der Waals surface area contributed by atoms with Gasteiger partial charge in [0.25, 0.3) is 0 Å². The molecule has 1 saturated carbocycles. The Kier molecular flexibility index (Phi) is 4.75. The third-order valence-electron chi connectivity index (χ3n) is 3.72. The lowest BCUT2D eigenvalue weighted by Gasteiger charge is -2.42. The number of hydrogen-bond acceptors (Lipinski definition) is 2. The molecule has 1 aromatic rings. The molecule has 0 atom stereocenters. The Morgan fingerprint density at radius 1 is 1.35 bits per heavy atom. The van der Waals surface area contributed by atoms with Gasteiger partial charge in [-0.15, -0.1) is 0 Å². The molecule has 0 aliphatic heterocycles. The lowest BCUT2D eigenvalue weighted by molar-refractivity contribution is -0.0181. The first kappa shape index (κ1) is 15.8. The fourth-order valence-electron chi connectivity index (χ4n) is 2.43. The monoisotopic (exact) mass is 343 g/mol. The van der Waals surface area contributed by atoms with Crippen LogP contribution in [0.3, 0.4) is 0 Å². The molecule has 2 rings (SSSR count). The van der Waals surface area contributed by atoms with Gasteiger partial charge in [0.2, 0.25) is 0 Å². The molecule has 0 bridgehead atoms. The normalized spacial score (nSPS) is 17.6. The van der Waals surface area contributed by atoms with E-state index in [1.165, 1.54) is 6.07 Å². The maximum absolute atomic E-state index is 13.8. The van der Waals surface area contributed by atoms with Gasteiger partial charge in [0.15, 0.2) is 11.6 Å². The number of rotatable bonds is 5. The molecule has 0 heterocycles. The molecule has 1 aliphatic rings. The molecule has 1 aromatic carbocycles. The van der Waals surface area contributed by atoms with E-state index in [1.54, 1.807) is 12.1 Å². The van der Waals surface area contributed by atoms with E-state index in [4.69, 9.17) is 4.74 Å². The van der Waals surface area contributed by atoms with Crippen molar-refractivity contribution in [2.45, 2.75) is 57.6 Å². The molecule has 1 N–H and O–H groups in total. The van der Waals surface area contributed by atoms with Crippen molar-refractivity contribution in [3.05, 3.63) is 28.5 Å². The summed E-state index contributed by atoms with van der Waals surface area (Å²) in [6, 6.07) is 4.85. The van der Waals surface area contributed by atoms with Crippen LogP contribution in [0.25, 0.3) is 0 Å². The minimum absolute atomic E-state index is 0.103. The molecule has 20 heavy (non-hydrogen) atoms. The van der Waals surface area contributed by atoms with Gasteiger partial charge < -0.3 is 10.1 Å². The van der Waals surface area contributed by atoms with Gasteiger partial charge in [0, 0.05) is 10.0 Å². The fraction of sp³-hybridized carbons (Fsp3) is 0.625. The number of nitrogens with one attached hydrogen (secondary N) is 1. The predicted molar refractivity (Wildman–Crippen MR) is 83.7 cm³/mol. The molecule has 0 unspecified atom stereocenters. The second-order valence-corrected chi connectivity index (χ2v) is 7.56. The zero-order valence-electron chi connectivity index (χ0n) is 12.4. The largest absolute Gasteiger partial charge is 0.484 e. The van der Waals surface area contributed by atoms with Crippen LogP contribution in [-0.4, -0.2) is 17.7 Å². The molecule has 0 radical (unpaired) electrons. The first-order chi connectivity index (χ1) is 9.30. The number of ether oxygens (including phenoxy) is 1. The zero-order chi connectivity index (χ0) is 14.8. The highest BCUT2D eigenvalue weighted by Crippen LogP contribution is 2.40. The SMILES string of the molecule is CC(C)(C)NCCC1(Oc2cc(Br)ccc2F)CCC1. The van der Waals surface area contributed by atoms with Crippen molar-refractivity contribution in [2.24, 2.45) is 0 Å². The van der Waals surface area contributed by atoms with Gasteiger partial charge in [-0.1, -0.05) is 15.9 Å². The molecular formula is C16H23BrFNO. The van der Waals surface area contributed by atoms with E-state index < -0.39 is 0 Å². The number of benzene rings is 1. The Labute approximate surface area is 129 Å². The predicted octanol–water partition coefficient (Wildman–Crippen LogP) is 4.67. The van der Waals surface area contributed by atoms with Crippen LogP contribution in [0.2, 0.25) is 0 Å². The Morgan fingerprint density at radius 2 is 2.05 bits per heavy atom. The molecule has 0 spiro atoms. The summed E-state index contributed by atoms with van der Waals surface area (Å²) in [4.78, 5) is 0. The minimum Gasteiger partial charge on any atom is -0.484 e. The Balaban J connectivity index is 1.99. The van der Waals surface area contributed by atoms with Gasteiger partial charge in [0.1, 0.15) is 5.60 Å². The highest BCUT2D eigenvalue weighted by Gasteiger charge is 2.39. The van der Waals surface area contributed by atoms with Crippen molar-refractivity contribution >= 4 is 15.9 Å². The van der Waals surface area contributed by atoms with Gasteiger partial charge in [-0.2, -0.15) is 0 Å². The molecular weight excluding hydrogens is 321 g/mol. The molecule has 1 aliphatic carbocycles. The molecule has 4 heteroatoms. The van der Waals surface area contributed by atoms with Crippen molar-refractivity contribution in [3.63, 3.8) is 0 Å². The fourth-order valence-corrected chi connectivity index (χ4v) is 2.77. The summed E-state index contributed by atoms with van der Waals surface area (Å²) in [6.45, 7) is 7.33.